The number of aryl methyl sites for hydroxylation is 2. The van der Waals surface area contributed by atoms with Crippen LogP contribution in [0.5, 0.6) is 5.75 Å². The molecule has 2 fully saturated rings. The zero-order valence-corrected chi connectivity index (χ0v) is 33.2. The van der Waals surface area contributed by atoms with Gasteiger partial charge in [-0.3, -0.25) is 29.3 Å². The summed E-state index contributed by atoms with van der Waals surface area (Å²) in [5.41, 5.74) is 3.81. The van der Waals surface area contributed by atoms with Crippen LogP contribution in [-0.4, -0.2) is 68.8 Å². The van der Waals surface area contributed by atoms with Gasteiger partial charge in [-0.1, -0.05) is 44.7 Å². The molecular weight excluding hydrogens is 736 g/mol. The third-order valence-corrected chi connectivity index (χ3v) is 10.9. The maximum absolute atomic E-state index is 12.8. The fraction of sp³-hybridized carbons (Fsp3) is 0.439. The summed E-state index contributed by atoms with van der Waals surface area (Å²) in [5, 5.41) is 12.8. The number of benzene rings is 2. The van der Waals surface area contributed by atoms with Crippen LogP contribution in [0.2, 0.25) is 5.02 Å². The Kier molecular flexibility index (Phi) is 12.6. The van der Waals surface area contributed by atoms with E-state index in [-0.39, 0.29) is 48.0 Å². The molecule has 1 saturated carbocycles. The second kappa shape index (κ2) is 17.5. The van der Waals surface area contributed by atoms with E-state index in [1.165, 1.54) is 49.9 Å². The third-order valence-electron chi connectivity index (χ3n) is 10.6. The lowest BCUT2D eigenvalue weighted by Gasteiger charge is -2.29. The largest absolute Gasteiger partial charge is 0.478 e. The van der Waals surface area contributed by atoms with Crippen molar-refractivity contribution in [2.24, 2.45) is 18.9 Å². The van der Waals surface area contributed by atoms with Crippen LogP contribution in [0.4, 0.5) is 17.2 Å². The van der Waals surface area contributed by atoms with Gasteiger partial charge in [0.15, 0.2) is 18.2 Å². The Balaban J connectivity index is 0.000000190. The predicted molar refractivity (Wildman–Crippen MR) is 215 cm³/mol. The highest BCUT2D eigenvalue weighted by Crippen LogP contribution is 2.32. The molecule has 4 heterocycles. The second-order valence-corrected chi connectivity index (χ2v) is 15.5. The Morgan fingerprint density at radius 1 is 1.00 bits per heavy atom. The molecule has 2 aromatic carbocycles. The van der Waals surface area contributed by atoms with E-state index < -0.39 is 6.04 Å². The van der Waals surface area contributed by atoms with Gasteiger partial charge in [-0.05, 0) is 86.1 Å². The van der Waals surface area contributed by atoms with Crippen LogP contribution < -0.4 is 31.6 Å². The number of imide groups is 1. The van der Waals surface area contributed by atoms with Gasteiger partial charge < -0.3 is 30.2 Å². The minimum Gasteiger partial charge on any atom is -0.478 e. The minimum atomic E-state index is -0.559. The molecule has 1 saturated heterocycles. The summed E-state index contributed by atoms with van der Waals surface area (Å²) >= 11 is 6.13. The van der Waals surface area contributed by atoms with Gasteiger partial charge in [0, 0.05) is 55.4 Å². The number of carbonyl (C=O) groups is 4. The van der Waals surface area contributed by atoms with Crippen LogP contribution >= 0.6 is 11.6 Å². The van der Waals surface area contributed by atoms with E-state index in [0.29, 0.717) is 41.2 Å². The number of likely N-dealkylation sites (N-methyl/N-ethyl adjacent to an activating group) is 1. The lowest BCUT2D eigenvalue weighted by Crippen LogP contribution is -2.52. The van der Waals surface area contributed by atoms with E-state index in [1.807, 2.05) is 30.3 Å². The van der Waals surface area contributed by atoms with Crippen LogP contribution in [0.25, 0.3) is 10.9 Å². The molecule has 15 heteroatoms. The minimum absolute atomic E-state index is 0.0988. The van der Waals surface area contributed by atoms with Gasteiger partial charge in [-0.2, -0.15) is 0 Å². The summed E-state index contributed by atoms with van der Waals surface area (Å²) in [5.74, 6) is 1.57. The highest BCUT2D eigenvalue weighted by Gasteiger charge is 2.39. The van der Waals surface area contributed by atoms with E-state index in [0.717, 1.165) is 39.7 Å². The molecule has 4 N–H and O–H groups in total. The molecule has 2 aliphatic heterocycles. The van der Waals surface area contributed by atoms with Crippen LogP contribution in [0, 0.1) is 18.8 Å². The average Bonchev–Trinajstić information content (AvgIpc) is 3.48. The van der Waals surface area contributed by atoms with Gasteiger partial charge >= 0.3 is 0 Å². The molecule has 0 spiro atoms. The Hall–Kier alpha value is -5.50. The summed E-state index contributed by atoms with van der Waals surface area (Å²) < 4.78 is 6.84. The molecule has 4 amide bonds. The van der Waals surface area contributed by atoms with Gasteiger partial charge in [-0.15, -0.1) is 0 Å². The van der Waals surface area contributed by atoms with Gasteiger partial charge in [0.2, 0.25) is 11.8 Å². The lowest BCUT2D eigenvalue weighted by molar-refractivity contribution is -0.137. The van der Waals surface area contributed by atoms with Crippen molar-refractivity contribution in [3.05, 3.63) is 81.0 Å². The fourth-order valence-corrected chi connectivity index (χ4v) is 7.80. The van der Waals surface area contributed by atoms with Crippen molar-refractivity contribution in [1.29, 1.82) is 0 Å². The number of rotatable bonds is 8. The zero-order valence-electron chi connectivity index (χ0n) is 32.4. The molecule has 3 aliphatic rings. The monoisotopic (exact) mass is 784 g/mol. The van der Waals surface area contributed by atoms with Gasteiger partial charge in [0.1, 0.15) is 16.9 Å². The van der Waals surface area contributed by atoms with Crippen LogP contribution in [-0.2, 0) is 28.0 Å². The standard InChI is InChI=1S/C23H31N3O3.C18H18ClN5O3/c1-14-4-3-5-15(2)11-18(10-14)24-17-6-7-19-16(12-17)13-26(23(19)29)20-8-9-21(27)25-22(20)28;1-10-21-8-13(19)17(22-10)23-12-4-5-14-11(6-12)7-15(18(26)24(14)3)27-9-16(25)20-2/h6-7,12,14-15,18,20,24H,3-5,8-11,13H2,1-2H3,(H,25,27,28);4-8H,9H2,1-3H3,(H,20,25)(H,21,22,23). The number of carbonyl (C=O) groups excluding carboxylic acids is 4. The molecule has 0 bridgehead atoms. The molecule has 0 radical (unpaired) electrons. The number of anilines is 3. The molecule has 4 aromatic rings. The van der Waals surface area contributed by atoms with Crippen molar-refractivity contribution in [2.45, 2.75) is 84.3 Å². The number of fused-ring (bicyclic) bond motifs is 2. The molecule has 56 heavy (non-hydrogen) atoms. The van der Waals surface area contributed by atoms with Gasteiger partial charge in [0.05, 0.1) is 11.7 Å². The summed E-state index contributed by atoms with van der Waals surface area (Å²) in [7, 11) is 3.15. The van der Waals surface area contributed by atoms with Crippen LogP contribution in [0.1, 0.15) is 80.5 Å². The molecule has 2 aromatic heterocycles. The van der Waals surface area contributed by atoms with Crippen molar-refractivity contribution < 1.29 is 23.9 Å². The maximum Gasteiger partial charge on any atom is 0.293 e. The average molecular weight is 785 g/mol. The number of piperidine rings is 1. The molecule has 3 atom stereocenters. The van der Waals surface area contributed by atoms with Crippen molar-refractivity contribution in [1.82, 2.24) is 30.1 Å². The number of amides is 4. The third kappa shape index (κ3) is 9.47. The molecule has 1 aliphatic carbocycles. The number of hydrogen-bond donors (Lipinski definition) is 4. The quantitative estimate of drug-likeness (QED) is 0.164. The van der Waals surface area contributed by atoms with Crippen LogP contribution in [0.3, 0.4) is 0 Å². The number of aromatic nitrogens is 3. The SMILES string of the molecule is CC1CCCC(C)CC(Nc2ccc3c(c2)CN(C2CCC(=O)NC2=O)C3=O)C1.CNC(=O)COc1cc2cc(Nc3nc(C)ncc3Cl)ccc2n(C)c1=O. The Bertz CT molecular complexity index is 2200. The summed E-state index contributed by atoms with van der Waals surface area (Å²) in [6.07, 6.45) is 8.46. The Labute approximate surface area is 330 Å². The van der Waals surface area contributed by atoms with Crippen molar-refractivity contribution in [3.8, 4) is 5.75 Å². The first kappa shape index (κ1) is 40.2. The van der Waals surface area contributed by atoms with E-state index in [4.69, 9.17) is 16.3 Å². The Morgan fingerprint density at radius 3 is 2.45 bits per heavy atom. The normalized spacial score (nSPS) is 20.9. The first-order chi connectivity index (χ1) is 26.8. The van der Waals surface area contributed by atoms with Gasteiger partial charge in [-0.25, -0.2) is 9.97 Å². The highest BCUT2D eigenvalue weighted by molar-refractivity contribution is 6.32. The number of nitrogens with zero attached hydrogens (tertiary/aromatic N) is 4. The van der Waals surface area contributed by atoms with Crippen molar-refractivity contribution in [3.63, 3.8) is 0 Å². The first-order valence-electron chi connectivity index (χ1n) is 19.1. The molecule has 14 nitrogen and oxygen atoms in total. The Morgan fingerprint density at radius 2 is 1.73 bits per heavy atom. The molecule has 296 valence electrons. The molecule has 7 rings (SSSR count). The number of halogens is 1. The van der Waals surface area contributed by atoms with E-state index in [1.54, 1.807) is 24.9 Å². The van der Waals surface area contributed by atoms with E-state index in [9.17, 15) is 24.0 Å². The fourth-order valence-electron chi connectivity index (χ4n) is 7.67. The zero-order chi connectivity index (χ0) is 40.1. The van der Waals surface area contributed by atoms with Gasteiger partial charge in [0.25, 0.3) is 17.4 Å². The highest BCUT2D eigenvalue weighted by atomic mass is 35.5. The molecular formula is C41H49ClN8O6. The number of hydrogen-bond acceptors (Lipinski definition) is 10. The second-order valence-electron chi connectivity index (χ2n) is 15.1. The summed E-state index contributed by atoms with van der Waals surface area (Å²) in [4.78, 5) is 70.2. The van der Waals surface area contributed by atoms with Crippen LogP contribution in [0.15, 0.2) is 53.5 Å². The number of pyridine rings is 1. The lowest BCUT2D eigenvalue weighted by atomic mass is 9.84. The number of nitrogens with one attached hydrogen (secondary N) is 4. The topological polar surface area (TPSA) is 177 Å². The smallest absolute Gasteiger partial charge is 0.293 e. The predicted octanol–water partition coefficient (Wildman–Crippen LogP) is 5.62. The first-order valence-corrected chi connectivity index (χ1v) is 19.4. The summed E-state index contributed by atoms with van der Waals surface area (Å²) in [6, 6.07) is 12.9. The van der Waals surface area contributed by atoms with Crippen molar-refractivity contribution >= 4 is 63.3 Å². The maximum atomic E-state index is 12.8. The van der Waals surface area contributed by atoms with E-state index in [2.05, 4.69) is 51.1 Å². The summed E-state index contributed by atoms with van der Waals surface area (Å²) in [6.45, 7) is 6.64. The van der Waals surface area contributed by atoms with E-state index >= 15 is 0 Å². The number of ether oxygens (including phenoxy) is 1. The molecule has 3 unspecified atom stereocenters. The van der Waals surface area contributed by atoms with Crippen molar-refractivity contribution in [2.75, 3.05) is 24.3 Å².